The average Bonchev–Trinajstić information content (AvgIpc) is 2.25. The van der Waals surface area contributed by atoms with E-state index in [4.69, 9.17) is 5.11 Å². The number of nitrogens with zero attached hydrogens (tertiary/aromatic N) is 1. The highest BCUT2D eigenvalue weighted by Gasteiger charge is 2.42. The summed E-state index contributed by atoms with van der Waals surface area (Å²) in [4.78, 5) is 0. The van der Waals surface area contributed by atoms with Crippen molar-refractivity contribution in [2.75, 3.05) is 26.7 Å². The summed E-state index contributed by atoms with van der Waals surface area (Å²) in [6, 6.07) is 0.916. The van der Waals surface area contributed by atoms with Gasteiger partial charge in [0.25, 0.3) is 0 Å². The third-order valence-corrected chi connectivity index (χ3v) is 4.74. The molecular weight excluding hydrogens is 186 g/mol. The van der Waals surface area contributed by atoms with Crippen LogP contribution in [0.5, 0.6) is 0 Å². The van der Waals surface area contributed by atoms with Gasteiger partial charge < -0.3 is 9.59 Å². The van der Waals surface area contributed by atoms with Gasteiger partial charge in [-0.15, -0.1) is 0 Å². The minimum absolute atomic E-state index is 0.382. The molecule has 2 nitrogen and oxygen atoms in total. The van der Waals surface area contributed by atoms with Crippen LogP contribution in [0.1, 0.15) is 44.9 Å². The molecule has 2 aliphatic rings. The summed E-state index contributed by atoms with van der Waals surface area (Å²) in [6.45, 7) is 3.19. The molecule has 88 valence electrons. The van der Waals surface area contributed by atoms with Crippen LogP contribution in [0.3, 0.4) is 0 Å². The lowest BCUT2D eigenvalue weighted by molar-refractivity contribution is -0.947. The predicted molar refractivity (Wildman–Crippen MR) is 62.6 cm³/mol. The Morgan fingerprint density at radius 1 is 1.13 bits per heavy atom. The zero-order valence-corrected chi connectivity index (χ0v) is 10.1. The summed E-state index contributed by atoms with van der Waals surface area (Å²) in [6.07, 6.45) is 9.40. The van der Waals surface area contributed by atoms with E-state index in [0.717, 1.165) is 18.4 Å². The molecule has 3 atom stereocenters. The number of hydrogen-bond acceptors (Lipinski definition) is 1. The fourth-order valence-corrected chi connectivity index (χ4v) is 3.92. The lowest BCUT2D eigenvalue weighted by atomic mass is 9.79. The first kappa shape index (κ1) is 11.4. The van der Waals surface area contributed by atoms with E-state index in [1.165, 1.54) is 56.1 Å². The lowest BCUT2D eigenvalue weighted by Gasteiger charge is -2.51. The smallest absolute Gasteiger partial charge is 0.0916 e. The Kier molecular flexibility index (Phi) is 3.68. The Bertz CT molecular complexity index is 203. The summed E-state index contributed by atoms with van der Waals surface area (Å²) in [5, 5.41) is 8.95. The second-order valence-corrected chi connectivity index (χ2v) is 5.76. The Morgan fingerprint density at radius 3 is 2.73 bits per heavy atom. The molecular formula is C13H26NO+. The summed E-state index contributed by atoms with van der Waals surface area (Å²) < 4.78 is 1.34. The van der Waals surface area contributed by atoms with Gasteiger partial charge >= 0.3 is 0 Å². The van der Waals surface area contributed by atoms with Crippen molar-refractivity contribution in [1.29, 1.82) is 0 Å². The van der Waals surface area contributed by atoms with Gasteiger partial charge in [-0.05, 0) is 44.9 Å². The van der Waals surface area contributed by atoms with Crippen LogP contribution in [-0.2, 0) is 0 Å². The van der Waals surface area contributed by atoms with Crippen molar-refractivity contribution in [1.82, 2.24) is 0 Å². The van der Waals surface area contributed by atoms with Gasteiger partial charge in [-0.1, -0.05) is 0 Å². The molecule has 0 spiro atoms. The maximum absolute atomic E-state index is 8.95. The molecule has 0 saturated carbocycles. The SMILES string of the molecule is C[N@+]12CCCC[C@@H]1[C@@H](CCCO)CCC2. The van der Waals surface area contributed by atoms with E-state index in [1.807, 2.05) is 0 Å². The normalized spacial score (nSPS) is 41.2. The largest absolute Gasteiger partial charge is 0.396 e. The Balaban J connectivity index is 1.99. The first-order valence-corrected chi connectivity index (χ1v) is 6.71. The first-order chi connectivity index (χ1) is 7.26. The van der Waals surface area contributed by atoms with Crippen molar-refractivity contribution in [3.05, 3.63) is 0 Å². The molecule has 2 fully saturated rings. The zero-order valence-electron chi connectivity index (χ0n) is 10.1. The molecule has 0 amide bonds. The topological polar surface area (TPSA) is 20.2 Å². The number of quaternary nitrogens is 1. The predicted octanol–water partition coefficient (Wildman–Crippen LogP) is 2.17. The zero-order chi connectivity index (χ0) is 10.7. The van der Waals surface area contributed by atoms with E-state index < -0.39 is 0 Å². The van der Waals surface area contributed by atoms with E-state index in [9.17, 15) is 0 Å². The van der Waals surface area contributed by atoms with Gasteiger partial charge in [-0.25, -0.2) is 0 Å². The number of rotatable bonds is 3. The van der Waals surface area contributed by atoms with E-state index >= 15 is 0 Å². The highest BCUT2D eigenvalue weighted by atomic mass is 16.2. The van der Waals surface area contributed by atoms with Gasteiger partial charge in [0.1, 0.15) is 0 Å². The van der Waals surface area contributed by atoms with Gasteiger partial charge in [0.05, 0.1) is 26.2 Å². The van der Waals surface area contributed by atoms with Crippen LogP contribution in [0.4, 0.5) is 0 Å². The van der Waals surface area contributed by atoms with Crippen molar-refractivity contribution in [3.8, 4) is 0 Å². The quantitative estimate of drug-likeness (QED) is 0.711. The molecule has 2 aliphatic heterocycles. The van der Waals surface area contributed by atoms with Gasteiger partial charge in [-0.2, -0.15) is 0 Å². The fraction of sp³-hybridized carbons (Fsp3) is 1.00. The molecule has 0 aliphatic carbocycles. The van der Waals surface area contributed by atoms with Gasteiger partial charge in [0.2, 0.25) is 0 Å². The molecule has 0 unspecified atom stereocenters. The maximum atomic E-state index is 8.95. The Hall–Kier alpha value is -0.0800. The number of fused-ring (bicyclic) bond motifs is 1. The van der Waals surface area contributed by atoms with E-state index in [0.29, 0.717) is 6.61 Å². The fourth-order valence-electron chi connectivity index (χ4n) is 3.92. The number of aliphatic hydroxyl groups is 1. The molecule has 2 saturated heterocycles. The number of aliphatic hydroxyl groups excluding tert-OH is 1. The van der Waals surface area contributed by atoms with Crippen molar-refractivity contribution in [3.63, 3.8) is 0 Å². The average molecular weight is 212 g/mol. The van der Waals surface area contributed by atoms with E-state index in [1.54, 1.807) is 0 Å². The van der Waals surface area contributed by atoms with Crippen LogP contribution in [0, 0.1) is 5.92 Å². The minimum atomic E-state index is 0.382. The molecule has 2 heteroatoms. The van der Waals surface area contributed by atoms with Crippen molar-refractivity contribution in [2.45, 2.75) is 51.0 Å². The second kappa shape index (κ2) is 4.84. The van der Waals surface area contributed by atoms with Crippen LogP contribution >= 0.6 is 0 Å². The van der Waals surface area contributed by atoms with Gasteiger partial charge in [0, 0.05) is 12.5 Å². The van der Waals surface area contributed by atoms with Crippen LogP contribution in [0.2, 0.25) is 0 Å². The standard InChI is InChI=1S/C13H26NO/c1-14-9-3-2-8-13(14)12(6-4-10-14)7-5-11-15/h12-13,15H,2-11H2,1H3/q+1/t12-,13-,14-/m1/s1. The lowest BCUT2D eigenvalue weighted by Crippen LogP contribution is -2.60. The first-order valence-electron chi connectivity index (χ1n) is 6.71. The van der Waals surface area contributed by atoms with Crippen molar-refractivity contribution < 1.29 is 9.59 Å². The van der Waals surface area contributed by atoms with Crippen molar-refractivity contribution >= 4 is 0 Å². The molecule has 0 aromatic rings. The summed E-state index contributed by atoms with van der Waals surface area (Å²) in [5.41, 5.74) is 0. The molecule has 2 heterocycles. The Labute approximate surface area is 93.9 Å². The van der Waals surface area contributed by atoms with Crippen LogP contribution < -0.4 is 0 Å². The third kappa shape index (κ3) is 2.36. The number of piperidine rings is 2. The van der Waals surface area contributed by atoms with Crippen LogP contribution in [0.25, 0.3) is 0 Å². The third-order valence-electron chi connectivity index (χ3n) is 4.74. The molecule has 15 heavy (non-hydrogen) atoms. The molecule has 0 radical (unpaired) electrons. The monoisotopic (exact) mass is 212 g/mol. The van der Waals surface area contributed by atoms with Gasteiger partial charge in [0.15, 0.2) is 0 Å². The summed E-state index contributed by atoms with van der Waals surface area (Å²) in [7, 11) is 2.47. The highest BCUT2D eigenvalue weighted by Crippen LogP contribution is 2.37. The Morgan fingerprint density at radius 2 is 1.93 bits per heavy atom. The summed E-state index contributed by atoms with van der Waals surface area (Å²) >= 11 is 0. The molecule has 0 aromatic carbocycles. The van der Waals surface area contributed by atoms with Crippen LogP contribution in [0.15, 0.2) is 0 Å². The minimum Gasteiger partial charge on any atom is -0.396 e. The molecule has 0 bridgehead atoms. The molecule has 2 rings (SSSR count). The van der Waals surface area contributed by atoms with Crippen LogP contribution in [-0.4, -0.2) is 42.4 Å². The van der Waals surface area contributed by atoms with E-state index in [2.05, 4.69) is 7.05 Å². The molecule has 0 aromatic heterocycles. The van der Waals surface area contributed by atoms with Gasteiger partial charge in [-0.3, -0.25) is 0 Å². The maximum Gasteiger partial charge on any atom is 0.0916 e. The molecule has 1 N–H and O–H groups in total. The van der Waals surface area contributed by atoms with Crippen molar-refractivity contribution in [2.24, 2.45) is 5.92 Å². The number of hydrogen-bond donors (Lipinski definition) is 1. The van der Waals surface area contributed by atoms with E-state index in [-0.39, 0.29) is 0 Å². The summed E-state index contributed by atoms with van der Waals surface area (Å²) in [5.74, 6) is 0.899. The second-order valence-electron chi connectivity index (χ2n) is 5.76. The highest BCUT2D eigenvalue weighted by molar-refractivity contribution is 4.78.